The SMILES string of the molecule is Cc1cc2nc(OCc3ccc(-c4ccccc4)cc3)c3ccccc3n2n1. The van der Waals surface area contributed by atoms with E-state index in [4.69, 9.17) is 4.74 Å². The molecular weight excluding hydrogens is 346 g/mol. The van der Waals surface area contributed by atoms with Crippen molar-refractivity contribution in [3.05, 3.63) is 96.2 Å². The smallest absolute Gasteiger partial charge is 0.225 e. The Kier molecular flexibility index (Phi) is 4.02. The molecule has 0 N–H and O–H groups in total. The van der Waals surface area contributed by atoms with Gasteiger partial charge in [0.1, 0.15) is 6.61 Å². The topological polar surface area (TPSA) is 39.4 Å². The molecule has 0 aliphatic heterocycles. The molecule has 0 bridgehead atoms. The minimum Gasteiger partial charge on any atom is -0.472 e. The second kappa shape index (κ2) is 6.82. The summed E-state index contributed by atoms with van der Waals surface area (Å²) in [4.78, 5) is 4.68. The summed E-state index contributed by atoms with van der Waals surface area (Å²) in [5.41, 5.74) is 6.25. The number of aromatic nitrogens is 3. The van der Waals surface area contributed by atoms with Gasteiger partial charge in [-0.1, -0.05) is 66.7 Å². The molecular formula is C24H19N3O. The number of para-hydroxylation sites is 1. The Balaban J connectivity index is 1.44. The zero-order valence-corrected chi connectivity index (χ0v) is 15.5. The van der Waals surface area contributed by atoms with Gasteiger partial charge in [0.2, 0.25) is 5.88 Å². The molecule has 0 saturated carbocycles. The van der Waals surface area contributed by atoms with Crippen LogP contribution in [0.3, 0.4) is 0 Å². The fraction of sp³-hybridized carbons (Fsp3) is 0.0833. The van der Waals surface area contributed by atoms with E-state index >= 15 is 0 Å². The molecule has 4 nitrogen and oxygen atoms in total. The summed E-state index contributed by atoms with van der Waals surface area (Å²) < 4.78 is 7.98. The molecule has 5 aromatic rings. The summed E-state index contributed by atoms with van der Waals surface area (Å²) in [7, 11) is 0. The Morgan fingerprint density at radius 2 is 1.54 bits per heavy atom. The number of ether oxygens (including phenoxy) is 1. The molecule has 0 unspecified atom stereocenters. The quantitative estimate of drug-likeness (QED) is 0.426. The van der Waals surface area contributed by atoms with E-state index < -0.39 is 0 Å². The van der Waals surface area contributed by atoms with Crippen LogP contribution in [0.5, 0.6) is 5.88 Å². The number of fused-ring (bicyclic) bond motifs is 3. The van der Waals surface area contributed by atoms with Crippen LogP contribution >= 0.6 is 0 Å². The fourth-order valence-electron chi connectivity index (χ4n) is 3.43. The molecule has 0 aliphatic rings. The highest BCUT2D eigenvalue weighted by molar-refractivity contribution is 5.85. The lowest BCUT2D eigenvalue weighted by Gasteiger charge is -2.10. The third-order valence-electron chi connectivity index (χ3n) is 4.83. The fourth-order valence-corrected chi connectivity index (χ4v) is 3.43. The van der Waals surface area contributed by atoms with Gasteiger partial charge in [0.15, 0.2) is 5.65 Å². The molecule has 3 aromatic carbocycles. The first kappa shape index (κ1) is 16.5. The highest BCUT2D eigenvalue weighted by atomic mass is 16.5. The minimum atomic E-state index is 0.468. The molecule has 136 valence electrons. The van der Waals surface area contributed by atoms with E-state index in [9.17, 15) is 0 Å². The van der Waals surface area contributed by atoms with Gasteiger partial charge in [-0.25, -0.2) is 4.52 Å². The molecule has 2 aromatic heterocycles. The first-order chi connectivity index (χ1) is 13.8. The van der Waals surface area contributed by atoms with Gasteiger partial charge in [0.25, 0.3) is 0 Å². The van der Waals surface area contributed by atoms with Gasteiger partial charge in [-0.2, -0.15) is 10.1 Å². The molecule has 0 spiro atoms. The Bertz CT molecular complexity index is 1260. The van der Waals surface area contributed by atoms with Crippen LogP contribution in [-0.4, -0.2) is 14.6 Å². The van der Waals surface area contributed by atoms with Crippen molar-refractivity contribution in [2.75, 3.05) is 0 Å². The van der Waals surface area contributed by atoms with Crippen LogP contribution < -0.4 is 4.74 Å². The normalized spacial score (nSPS) is 11.2. The van der Waals surface area contributed by atoms with Crippen molar-refractivity contribution in [1.82, 2.24) is 14.6 Å². The van der Waals surface area contributed by atoms with Gasteiger partial charge in [-0.05, 0) is 35.7 Å². The van der Waals surface area contributed by atoms with Crippen LogP contribution in [-0.2, 0) is 6.61 Å². The largest absolute Gasteiger partial charge is 0.472 e. The Hall–Kier alpha value is -3.66. The maximum Gasteiger partial charge on any atom is 0.225 e. The Labute approximate surface area is 163 Å². The molecule has 0 fully saturated rings. The lowest BCUT2D eigenvalue weighted by atomic mass is 10.0. The summed E-state index contributed by atoms with van der Waals surface area (Å²) in [5.74, 6) is 0.634. The number of benzene rings is 3. The van der Waals surface area contributed by atoms with Gasteiger partial charge in [-0.15, -0.1) is 0 Å². The zero-order chi connectivity index (χ0) is 18.9. The summed E-state index contributed by atoms with van der Waals surface area (Å²) in [5, 5.41) is 5.50. The van der Waals surface area contributed by atoms with Gasteiger partial charge in [-0.3, -0.25) is 0 Å². The Morgan fingerprint density at radius 3 is 2.36 bits per heavy atom. The molecule has 0 radical (unpaired) electrons. The second-order valence-corrected chi connectivity index (χ2v) is 6.84. The molecule has 0 aliphatic carbocycles. The van der Waals surface area contributed by atoms with E-state index in [-0.39, 0.29) is 0 Å². The van der Waals surface area contributed by atoms with Gasteiger partial charge < -0.3 is 4.74 Å². The van der Waals surface area contributed by atoms with Crippen molar-refractivity contribution in [2.45, 2.75) is 13.5 Å². The maximum atomic E-state index is 6.12. The lowest BCUT2D eigenvalue weighted by Crippen LogP contribution is -2.01. The number of rotatable bonds is 4. The van der Waals surface area contributed by atoms with E-state index in [1.807, 2.05) is 47.8 Å². The first-order valence-corrected chi connectivity index (χ1v) is 9.30. The number of aryl methyl sites for hydroxylation is 1. The van der Waals surface area contributed by atoms with Crippen molar-refractivity contribution >= 4 is 16.6 Å². The number of hydrogen-bond donors (Lipinski definition) is 0. The van der Waals surface area contributed by atoms with E-state index in [0.29, 0.717) is 12.5 Å². The van der Waals surface area contributed by atoms with Crippen molar-refractivity contribution < 1.29 is 4.74 Å². The summed E-state index contributed by atoms with van der Waals surface area (Å²) in [6.07, 6.45) is 0. The van der Waals surface area contributed by atoms with Gasteiger partial charge in [0.05, 0.1) is 16.6 Å². The van der Waals surface area contributed by atoms with Crippen LogP contribution in [0.4, 0.5) is 0 Å². The average molecular weight is 365 g/mol. The van der Waals surface area contributed by atoms with E-state index in [1.165, 1.54) is 11.1 Å². The molecule has 28 heavy (non-hydrogen) atoms. The zero-order valence-electron chi connectivity index (χ0n) is 15.5. The first-order valence-electron chi connectivity index (χ1n) is 9.30. The van der Waals surface area contributed by atoms with E-state index in [1.54, 1.807) is 0 Å². The summed E-state index contributed by atoms with van der Waals surface area (Å²) in [6.45, 7) is 2.44. The molecule has 2 heterocycles. The van der Waals surface area contributed by atoms with Crippen LogP contribution in [0.25, 0.3) is 27.7 Å². The van der Waals surface area contributed by atoms with E-state index in [0.717, 1.165) is 27.8 Å². The number of hydrogen-bond acceptors (Lipinski definition) is 3. The lowest BCUT2D eigenvalue weighted by molar-refractivity contribution is 0.298. The monoisotopic (exact) mass is 365 g/mol. The standard InChI is InChI=1S/C24H19N3O/c1-17-15-23-25-24(21-9-5-6-10-22(21)27(23)26-17)28-16-18-11-13-20(14-12-18)19-7-3-2-4-8-19/h2-15H,16H2,1H3. The van der Waals surface area contributed by atoms with Crippen molar-refractivity contribution in [2.24, 2.45) is 0 Å². The molecule has 0 atom stereocenters. The van der Waals surface area contributed by atoms with Crippen LogP contribution in [0.2, 0.25) is 0 Å². The summed E-state index contributed by atoms with van der Waals surface area (Å²) >= 11 is 0. The van der Waals surface area contributed by atoms with Crippen molar-refractivity contribution in [3.8, 4) is 17.0 Å². The number of nitrogens with zero attached hydrogens (tertiary/aromatic N) is 3. The summed E-state index contributed by atoms with van der Waals surface area (Å²) in [6, 6.07) is 28.9. The molecule has 4 heteroatoms. The maximum absolute atomic E-state index is 6.12. The Morgan fingerprint density at radius 1 is 0.821 bits per heavy atom. The van der Waals surface area contributed by atoms with Gasteiger partial charge in [0, 0.05) is 6.07 Å². The average Bonchev–Trinajstić information content (AvgIpc) is 3.13. The van der Waals surface area contributed by atoms with Crippen LogP contribution in [0.1, 0.15) is 11.3 Å². The van der Waals surface area contributed by atoms with Crippen LogP contribution in [0.15, 0.2) is 84.9 Å². The van der Waals surface area contributed by atoms with Crippen LogP contribution in [0, 0.1) is 6.92 Å². The minimum absolute atomic E-state index is 0.468. The third kappa shape index (κ3) is 2.99. The third-order valence-corrected chi connectivity index (χ3v) is 4.83. The van der Waals surface area contributed by atoms with Crippen molar-refractivity contribution in [1.29, 1.82) is 0 Å². The highest BCUT2D eigenvalue weighted by Gasteiger charge is 2.11. The molecule has 0 saturated heterocycles. The highest BCUT2D eigenvalue weighted by Crippen LogP contribution is 2.26. The predicted octanol–water partition coefficient (Wildman–Crippen LogP) is 5.44. The second-order valence-electron chi connectivity index (χ2n) is 6.84. The van der Waals surface area contributed by atoms with E-state index in [2.05, 4.69) is 58.6 Å². The molecule has 5 rings (SSSR count). The van der Waals surface area contributed by atoms with Crippen molar-refractivity contribution in [3.63, 3.8) is 0 Å². The predicted molar refractivity (Wildman–Crippen MR) is 111 cm³/mol. The van der Waals surface area contributed by atoms with Gasteiger partial charge >= 0.3 is 0 Å². The molecule has 0 amide bonds.